The monoisotopic (exact) mass is 279 g/mol. The Balaban J connectivity index is 2.29. The van der Waals surface area contributed by atoms with Gasteiger partial charge in [-0.3, -0.25) is 4.79 Å². The minimum Gasteiger partial charge on any atom is -0.353 e. The van der Waals surface area contributed by atoms with Gasteiger partial charge < -0.3 is 5.32 Å². The number of carbonyl (C=O) groups excluding carboxylic acids is 1. The van der Waals surface area contributed by atoms with E-state index in [9.17, 15) is 4.79 Å². The predicted molar refractivity (Wildman–Crippen MR) is 66.1 cm³/mol. The molecule has 1 N–H and O–H groups in total. The largest absolute Gasteiger partial charge is 0.353 e. The van der Waals surface area contributed by atoms with Crippen LogP contribution in [0.1, 0.15) is 26.2 Å². The summed E-state index contributed by atoms with van der Waals surface area (Å²) < 4.78 is 0. The number of nitrogens with one attached hydrogen (secondary N) is 1. The van der Waals surface area contributed by atoms with Gasteiger partial charge in [0.25, 0.3) is 0 Å². The van der Waals surface area contributed by atoms with Crippen molar-refractivity contribution in [2.75, 3.05) is 16.8 Å². The molecule has 82 valence electrons. The lowest BCUT2D eigenvalue weighted by atomic mass is 10.1. The summed E-state index contributed by atoms with van der Waals surface area (Å²) in [4.78, 5) is 11.7. The number of carbonyl (C=O) groups is 1. The molecule has 1 amide bonds. The van der Waals surface area contributed by atoms with E-state index in [0.29, 0.717) is 6.04 Å². The predicted octanol–water partition coefficient (Wildman–Crippen LogP) is 2.42. The average molecular weight is 280 g/mol. The van der Waals surface area contributed by atoms with Gasteiger partial charge in [-0.15, -0.1) is 0 Å². The SMILES string of the molecule is CCC(CCBr)NC(=O)C1CCSC1. The molecule has 14 heavy (non-hydrogen) atoms. The Morgan fingerprint density at radius 2 is 2.50 bits per heavy atom. The molecule has 2 unspecified atom stereocenters. The Kier molecular flexibility index (Phi) is 5.94. The van der Waals surface area contributed by atoms with E-state index in [1.807, 2.05) is 11.8 Å². The summed E-state index contributed by atoms with van der Waals surface area (Å²) in [6.45, 7) is 2.12. The average Bonchev–Trinajstić information content (AvgIpc) is 2.69. The molecular weight excluding hydrogens is 262 g/mol. The number of thioether (sulfide) groups is 1. The van der Waals surface area contributed by atoms with E-state index in [-0.39, 0.29) is 11.8 Å². The minimum absolute atomic E-state index is 0.266. The molecule has 0 bridgehead atoms. The van der Waals surface area contributed by atoms with Crippen molar-refractivity contribution in [1.29, 1.82) is 0 Å². The fraction of sp³-hybridized carbons (Fsp3) is 0.900. The highest BCUT2D eigenvalue weighted by atomic mass is 79.9. The highest BCUT2D eigenvalue weighted by molar-refractivity contribution is 9.09. The van der Waals surface area contributed by atoms with Gasteiger partial charge >= 0.3 is 0 Å². The van der Waals surface area contributed by atoms with Crippen molar-refractivity contribution < 1.29 is 4.79 Å². The Hall–Kier alpha value is 0.300. The van der Waals surface area contributed by atoms with Crippen molar-refractivity contribution in [3.8, 4) is 0 Å². The summed E-state index contributed by atoms with van der Waals surface area (Å²) in [5.41, 5.74) is 0. The van der Waals surface area contributed by atoms with Gasteiger partial charge in [-0.1, -0.05) is 22.9 Å². The van der Waals surface area contributed by atoms with Gasteiger partial charge in [0.05, 0.1) is 0 Å². The molecule has 1 fully saturated rings. The zero-order chi connectivity index (χ0) is 10.4. The van der Waals surface area contributed by atoms with Crippen LogP contribution >= 0.6 is 27.7 Å². The van der Waals surface area contributed by atoms with Crippen LogP contribution in [0, 0.1) is 5.92 Å². The topological polar surface area (TPSA) is 29.1 Å². The van der Waals surface area contributed by atoms with E-state index in [0.717, 1.165) is 36.1 Å². The van der Waals surface area contributed by atoms with Crippen LogP contribution in [-0.2, 0) is 4.79 Å². The van der Waals surface area contributed by atoms with Crippen molar-refractivity contribution in [2.45, 2.75) is 32.2 Å². The maximum atomic E-state index is 11.7. The molecule has 1 heterocycles. The van der Waals surface area contributed by atoms with Crippen molar-refractivity contribution in [2.24, 2.45) is 5.92 Å². The smallest absolute Gasteiger partial charge is 0.224 e. The fourth-order valence-electron chi connectivity index (χ4n) is 1.57. The zero-order valence-corrected chi connectivity index (χ0v) is 11.0. The number of hydrogen-bond acceptors (Lipinski definition) is 2. The summed E-state index contributed by atoms with van der Waals surface area (Å²) in [5, 5.41) is 4.09. The van der Waals surface area contributed by atoms with Crippen LogP contribution in [0.3, 0.4) is 0 Å². The lowest BCUT2D eigenvalue weighted by Crippen LogP contribution is -2.38. The molecule has 0 aromatic heterocycles. The first-order chi connectivity index (χ1) is 6.77. The van der Waals surface area contributed by atoms with E-state index in [1.54, 1.807) is 0 Å². The second-order valence-corrected chi connectivity index (χ2v) is 5.59. The number of hydrogen-bond donors (Lipinski definition) is 1. The number of halogens is 1. The van der Waals surface area contributed by atoms with E-state index in [4.69, 9.17) is 0 Å². The third kappa shape index (κ3) is 3.81. The van der Waals surface area contributed by atoms with Crippen LogP contribution in [-0.4, -0.2) is 28.8 Å². The van der Waals surface area contributed by atoms with Crippen LogP contribution < -0.4 is 5.32 Å². The zero-order valence-electron chi connectivity index (χ0n) is 8.59. The van der Waals surface area contributed by atoms with Gasteiger partial charge in [0.15, 0.2) is 0 Å². The molecule has 0 spiro atoms. The van der Waals surface area contributed by atoms with Gasteiger partial charge in [0.2, 0.25) is 5.91 Å². The van der Waals surface area contributed by atoms with Gasteiger partial charge in [-0.05, 0) is 25.0 Å². The third-order valence-electron chi connectivity index (χ3n) is 2.60. The highest BCUT2D eigenvalue weighted by Crippen LogP contribution is 2.23. The second-order valence-electron chi connectivity index (χ2n) is 3.65. The Morgan fingerprint density at radius 1 is 1.71 bits per heavy atom. The molecule has 1 rings (SSSR count). The van der Waals surface area contributed by atoms with Crippen molar-refractivity contribution in [3.05, 3.63) is 0 Å². The summed E-state index contributed by atoms with van der Waals surface area (Å²) in [6.07, 6.45) is 3.11. The molecule has 0 saturated carbocycles. The molecule has 1 aliphatic heterocycles. The van der Waals surface area contributed by atoms with Crippen molar-refractivity contribution >= 4 is 33.6 Å². The first-order valence-corrected chi connectivity index (χ1v) is 7.49. The lowest BCUT2D eigenvalue weighted by Gasteiger charge is -2.18. The number of rotatable bonds is 5. The van der Waals surface area contributed by atoms with Crippen molar-refractivity contribution in [3.63, 3.8) is 0 Å². The van der Waals surface area contributed by atoms with Gasteiger partial charge in [0.1, 0.15) is 0 Å². The van der Waals surface area contributed by atoms with Gasteiger partial charge in [0, 0.05) is 23.0 Å². The molecule has 1 aliphatic rings. The summed E-state index contributed by atoms with van der Waals surface area (Å²) in [7, 11) is 0. The lowest BCUT2D eigenvalue weighted by molar-refractivity contribution is -0.125. The maximum absolute atomic E-state index is 11.7. The molecule has 0 aromatic rings. The normalized spacial score (nSPS) is 23.4. The van der Waals surface area contributed by atoms with Crippen molar-refractivity contribution in [1.82, 2.24) is 5.32 Å². The molecule has 2 atom stereocenters. The van der Waals surface area contributed by atoms with E-state index in [2.05, 4.69) is 28.2 Å². The first kappa shape index (κ1) is 12.4. The van der Waals surface area contributed by atoms with E-state index >= 15 is 0 Å². The van der Waals surface area contributed by atoms with Crippen LogP contribution in [0.15, 0.2) is 0 Å². The number of amides is 1. The van der Waals surface area contributed by atoms with Crippen LogP contribution in [0.5, 0.6) is 0 Å². The van der Waals surface area contributed by atoms with E-state index < -0.39 is 0 Å². The van der Waals surface area contributed by atoms with Gasteiger partial charge in [-0.2, -0.15) is 11.8 Å². The minimum atomic E-state index is 0.266. The molecule has 4 heteroatoms. The second kappa shape index (κ2) is 6.72. The first-order valence-electron chi connectivity index (χ1n) is 5.22. The molecule has 0 radical (unpaired) electrons. The highest BCUT2D eigenvalue weighted by Gasteiger charge is 2.24. The number of alkyl halides is 1. The molecule has 0 aromatic carbocycles. The fourth-order valence-corrected chi connectivity index (χ4v) is 3.34. The summed E-state index contributed by atoms with van der Waals surface area (Å²) in [5.74, 6) is 2.69. The molecule has 1 saturated heterocycles. The Labute approximate surface area is 98.7 Å². The third-order valence-corrected chi connectivity index (χ3v) is 4.22. The Bertz CT molecular complexity index is 183. The van der Waals surface area contributed by atoms with Gasteiger partial charge in [-0.25, -0.2) is 0 Å². The molecule has 2 nitrogen and oxygen atoms in total. The van der Waals surface area contributed by atoms with E-state index in [1.165, 1.54) is 0 Å². The Morgan fingerprint density at radius 3 is 3.00 bits per heavy atom. The summed E-state index contributed by atoms with van der Waals surface area (Å²) in [6, 6.07) is 0.354. The maximum Gasteiger partial charge on any atom is 0.224 e. The van der Waals surface area contributed by atoms with Crippen LogP contribution in [0.2, 0.25) is 0 Å². The molecular formula is C10H18BrNOS. The quantitative estimate of drug-likeness (QED) is 0.784. The molecule has 0 aliphatic carbocycles. The standard InChI is InChI=1S/C10H18BrNOS/c1-2-9(3-5-11)12-10(13)8-4-6-14-7-8/h8-9H,2-7H2,1H3,(H,12,13). The van der Waals surface area contributed by atoms with Crippen LogP contribution in [0.4, 0.5) is 0 Å². The van der Waals surface area contributed by atoms with Crippen LogP contribution in [0.25, 0.3) is 0 Å². The summed E-state index contributed by atoms with van der Waals surface area (Å²) >= 11 is 5.30.